The van der Waals surface area contributed by atoms with Crippen LogP contribution >= 0.6 is 0 Å². The van der Waals surface area contributed by atoms with Crippen molar-refractivity contribution in [2.45, 2.75) is 26.6 Å². The average molecular weight is 127 g/mol. The molecule has 0 aliphatic carbocycles. The van der Waals surface area contributed by atoms with E-state index in [4.69, 9.17) is 0 Å². The lowest BCUT2D eigenvalue weighted by atomic mass is 10.0. The molecule has 0 fully saturated rings. The zero-order valence-corrected chi connectivity index (χ0v) is 6.98. The molecule has 0 saturated carbocycles. The van der Waals surface area contributed by atoms with Crippen LogP contribution in [-0.4, -0.2) is 32.4 Å². The number of nitrogens with zero attached hydrogens (tertiary/aromatic N) is 1. The summed E-state index contributed by atoms with van der Waals surface area (Å²) in [5, 5.41) is 0. The zero-order valence-electron chi connectivity index (χ0n) is 6.98. The van der Waals surface area contributed by atoms with Gasteiger partial charge in [-0.25, -0.2) is 0 Å². The van der Waals surface area contributed by atoms with Crippen molar-refractivity contribution < 1.29 is 0 Å². The van der Waals surface area contributed by atoms with E-state index in [1.807, 2.05) is 0 Å². The Balaban J connectivity index is 3.09. The second-order valence-corrected chi connectivity index (χ2v) is 2.38. The smallest absolute Gasteiger partial charge is 0.101 e. The van der Waals surface area contributed by atoms with E-state index in [0.717, 1.165) is 0 Å². The van der Waals surface area contributed by atoms with Crippen molar-refractivity contribution in [2.24, 2.45) is 0 Å². The SMILES string of the molecule is BCCCN(CC)CC. The maximum atomic E-state index is 2.46. The van der Waals surface area contributed by atoms with Crippen LogP contribution in [0, 0.1) is 0 Å². The highest BCUT2D eigenvalue weighted by Crippen LogP contribution is 1.91. The molecule has 0 bridgehead atoms. The Hall–Kier alpha value is 0.0249. The molecule has 0 atom stereocenters. The Morgan fingerprint density at radius 2 is 1.78 bits per heavy atom. The maximum absolute atomic E-state index is 2.46. The molecule has 9 heavy (non-hydrogen) atoms. The van der Waals surface area contributed by atoms with Crippen molar-refractivity contribution in [1.29, 1.82) is 0 Å². The Morgan fingerprint density at radius 3 is 2.11 bits per heavy atom. The largest absolute Gasteiger partial charge is 0.304 e. The first-order chi connectivity index (χ1) is 4.35. The van der Waals surface area contributed by atoms with Crippen molar-refractivity contribution in [3.8, 4) is 0 Å². The molecule has 0 unspecified atom stereocenters. The van der Waals surface area contributed by atoms with Crippen molar-refractivity contribution in [1.82, 2.24) is 4.90 Å². The molecule has 1 nitrogen and oxygen atoms in total. The first-order valence-corrected chi connectivity index (χ1v) is 4.07. The highest BCUT2D eigenvalue weighted by atomic mass is 15.1. The van der Waals surface area contributed by atoms with Gasteiger partial charge < -0.3 is 4.90 Å². The predicted molar refractivity (Wildman–Crippen MR) is 45.8 cm³/mol. The van der Waals surface area contributed by atoms with E-state index >= 15 is 0 Å². The molecular formula is C7H18BN. The van der Waals surface area contributed by atoms with Gasteiger partial charge in [0.15, 0.2) is 0 Å². The van der Waals surface area contributed by atoms with Gasteiger partial charge in [0.25, 0.3) is 0 Å². The van der Waals surface area contributed by atoms with Crippen LogP contribution < -0.4 is 0 Å². The van der Waals surface area contributed by atoms with Crippen LogP contribution in [0.25, 0.3) is 0 Å². The quantitative estimate of drug-likeness (QED) is 0.493. The normalized spacial score (nSPS) is 10.6. The lowest BCUT2D eigenvalue weighted by Crippen LogP contribution is -2.23. The topological polar surface area (TPSA) is 3.24 Å². The minimum Gasteiger partial charge on any atom is -0.304 e. The molecule has 0 aromatic carbocycles. The fourth-order valence-electron chi connectivity index (χ4n) is 0.922. The van der Waals surface area contributed by atoms with Gasteiger partial charge in [0.1, 0.15) is 7.85 Å². The minimum absolute atomic E-state index is 1.20. The van der Waals surface area contributed by atoms with Crippen molar-refractivity contribution in [3.05, 3.63) is 0 Å². The molecule has 0 radical (unpaired) electrons. The zero-order chi connectivity index (χ0) is 7.11. The number of rotatable bonds is 5. The summed E-state index contributed by atoms with van der Waals surface area (Å²) in [5.74, 6) is 0. The van der Waals surface area contributed by atoms with Gasteiger partial charge >= 0.3 is 0 Å². The fourth-order valence-corrected chi connectivity index (χ4v) is 0.922. The molecule has 0 aromatic rings. The third-order valence-electron chi connectivity index (χ3n) is 1.72. The summed E-state index contributed by atoms with van der Waals surface area (Å²) in [6, 6.07) is 0. The third kappa shape index (κ3) is 4.52. The molecule has 0 aliphatic rings. The van der Waals surface area contributed by atoms with Crippen molar-refractivity contribution in [3.63, 3.8) is 0 Å². The van der Waals surface area contributed by atoms with Crippen LogP contribution in [-0.2, 0) is 0 Å². The number of hydrogen-bond acceptors (Lipinski definition) is 1. The highest BCUT2D eigenvalue weighted by molar-refractivity contribution is 6.08. The van der Waals surface area contributed by atoms with Crippen molar-refractivity contribution in [2.75, 3.05) is 19.6 Å². The molecule has 0 saturated heterocycles. The highest BCUT2D eigenvalue weighted by Gasteiger charge is 1.94. The van der Waals surface area contributed by atoms with Crippen molar-refractivity contribution >= 4 is 7.85 Å². The maximum Gasteiger partial charge on any atom is 0.101 e. The van der Waals surface area contributed by atoms with Gasteiger partial charge in [0, 0.05) is 0 Å². The van der Waals surface area contributed by atoms with Crippen LogP contribution in [0.4, 0.5) is 0 Å². The molecular weight excluding hydrogens is 109 g/mol. The van der Waals surface area contributed by atoms with Crippen LogP contribution in [0.5, 0.6) is 0 Å². The second-order valence-electron chi connectivity index (χ2n) is 2.38. The molecule has 0 aromatic heterocycles. The van der Waals surface area contributed by atoms with Crippen LogP contribution in [0.1, 0.15) is 20.3 Å². The summed E-state index contributed by atoms with van der Waals surface area (Å²) in [6.45, 7) is 8.13. The Morgan fingerprint density at radius 1 is 1.22 bits per heavy atom. The van der Waals surface area contributed by atoms with E-state index in [1.165, 1.54) is 32.4 Å². The van der Waals surface area contributed by atoms with Gasteiger partial charge in [-0.3, -0.25) is 0 Å². The van der Waals surface area contributed by atoms with Gasteiger partial charge in [-0.05, 0) is 26.1 Å². The summed E-state index contributed by atoms with van der Waals surface area (Å²) in [6.07, 6.45) is 2.66. The van der Waals surface area contributed by atoms with Crippen LogP contribution in [0.2, 0.25) is 6.32 Å². The molecule has 0 rings (SSSR count). The van der Waals surface area contributed by atoms with Gasteiger partial charge in [-0.15, -0.1) is 0 Å². The lowest BCUT2D eigenvalue weighted by Gasteiger charge is -2.16. The molecule has 0 aliphatic heterocycles. The van der Waals surface area contributed by atoms with E-state index < -0.39 is 0 Å². The summed E-state index contributed by atoms with van der Waals surface area (Å²) in [4.78, 5) is 2.46. The molecule has 0 heterocycles. The molecule has 2 heteroatoms. The van der Waals surface area contributed by atoms with Gasteiger partial charge in [-0.1, -0.05) is 20.2 Å². The third-order valence-corrected chi connectivity index (χ3v) is 1.72. The first kappa shape index (κ1) is 9.02. The summed E-state index contributed by atoms with van der Waals surface area (Å²) >= 11 is 0. The van der Waals surface area contributed by atoms with E-state index in [2.05, 4.69) is 26.6 Å². The Bertz CT molecular complexity index is 52.9. The van der Waals surface area contributed by atoms with Gasteiger partial charge in [0.2, 0.25) is 0 Å². The lowest BCUT2D eigenvalue weighted by molar-refractivity contribution is 0.305. The standard InChI is InChI=1S/C7H18BN/c1-3-9(4-2)7-5-6-8/h3-8H2,1-2H3. The summed E-state index contributed by atoms with van der Waals surface area (Å²) < 4.78 is 0. The summed E-state index contributed by atoms with van der Waals surface area (Å²) in [7, 11) is 2.24. The van der Waals surface area contributed by atoms with E-state index in [9.17, 15) is 0 Å². The predicted octanol–water partition coefficient (Wildman–Crippen LogP) is 0.770. The van der Waals surface area contributed by atoms with Crippen LogP contribution in [0.15, 0.2) is 0 Å². The molecule has 0 spiro atoms. The van der Waals surface area contributed by atoms with E-state index in [1.54, 1.807) is 0 Å². The average Bonchev–Trinajstić information content (AvgIpc) is 1.91. The van der Waals surface area contributed by atoms with Gasteiger partial charge in [-0.2, -0.15) is 0 Å². The molecule has 54 valence electrons. The Kier molecular flexibility index (Phi) is 6.17. The van der Waals surface area contributed by atoms with Gasteiger partial charge in [0.05, 0.1) is 0 Å². The monoisotopic (exact) mass is 127 g/mol. The minimum atomic E-state index is 1.20. The van der Waals surface area contributed by atoms with E-state index in [0.29, 0.717) is 0 Å². The Labute approximate surface area is 59.8 Å². The second kappa shape index (κ2) is 6.15. The molecule has 0 amide bonds. The first-order valence-electron chi connectivity index (χ1n) is 4.07. The van der Waals surface area contributed by atoms with Crippen LogP contribution in [0.3, 0.4) is 0 Å². The van der Waals surface area contributed by atoms with E-state index in [-0.39, 0.29) is 0 Å². The fraction of sp³-hybridized carbons (Fsp3) is 1.00. The molecule has 0 N–H and O–H groups in total. The summed E-state index contributed by atoms with van der Waals surface area (Å²) in [5.41, 5.74) is 0. The number of hydrogen-bond donors (Lipinski definition) is 0.